The third-order valence-electron chi connectivity index (χ3n) is 3.94. The van der Waals surface area contributed by atoms with Crippen molar-refractivity contribution >= 4 is 0 Å². The van der Waals surface area contributed by atoms with Crippen molar-refractivity contribution in [3.63, 3.8) is 0 Å². The molecule has 1 fully saturated rings. The number of hydrogen-bond acceptors (Lipinski definition) is 3. The molecule has 21 heavy (non-hydrogen) atoms. The molecule has 1 saturated carbocycles. The molecule has 0 heterocycles. The zero-order valence-electron chi connectivity index (χ0n) is 12.2. The standard InChI is InChI=1S/C18H22N2O/c19-11-17(20)16-10-15(14-4-2-1-3-5-14)8-9-18(16)21-12-13-6-7-13/h1-5,8-10,13,17H,6-7,11-12,19-20H2. The number of ether oxygens (including phenoxy) is 1. The second-order valence-corrected chi connectivity index (χ2v) is 5.72. The smallest absolute Gasteiger partial charge is 0.124 e. The molecule has 4 N–H and O–H groups in total. The van der Waals surface area contributed by atoms with Gasteiger partial charge in [0.25, 0.3) is 0 Å². The molecule has 0 spiro atoms. The first kappa shape index (κ1) is 14.1. The summed E-state index contributed by atoms with van der Waals surface area (Å²) in [6.07, 6.45) is 2.56. The molecular weight excluding hydrogens is 260 g/mol. The summed E-state index contributed by atoms with van der Waals surface area (Å²) in [6.45, 7) is 1.20. The van der Waals surface area contributed by atoms with E-state index in [2.05, 4.69) is 24.3 Å². The average Bonchev–Trinajstić information content (AvgIpc) is 3.37. The van der Waals surface area contributed by atoms with Gasteiger partial charge >= 0.3 is 0 Å². The molecule has 2 aromatic rings. The summed E-state index contributed by atoms with van der Waals surface area (Å²) in [5.74, 6) is 1.60. The van der Waals surface area contributed by atoms with Crippen LogP contribution >= 0.6 is 0 Å². The molecule has 0 saturated heterocycles. The van der Waals surface area contributed by atoms with E-state index in [9.17, 15) is 0 Å². The lowest BCUT2D eigenvalue weighted by molar-refractivity contribution is 0.295. The first-order valence-electron chi connectivity index (χ1n) is 7.55. The fourth-order valence-corrected chi connectivity index (χ4v) is 2.40. The van der Waals surface area contributed by atoms with Gasteiger partial charge in [-0.05, 0) is 42.0 Å². The molecule has 3 rings (SSSR count). The molecule has 1 atom stereocenters. The summed E-state index contributed by atoms with van der Waals surface area (Å²) < 4.78 is 5.94. The molecule has 110 valence electrons. The Labute approximate surface area is 125 Å². The summed E-state index contributed by atoms with van der Waals surface area (Å²) in [5.41, 5.74) is 15.2. The fourth-order valence-electron chi connectivity index (χ4n) is 2.40. The van der Waals surface area contributed by atoms with Gasteiger partial charge in [0, 0.05) is 18.2 Å². The third kappa shape index (κ3) is 3.43. The minimum atomic E-state index is -0.192. The van der Waals surface area contributed by atoms with Gasteiger partial charge in [-0.25, -0.2) is 0 Å². The highest BCUT2D eigenvalue weighted by molar-refractivity contribution is 5.66. The van der Waals surface area contributed by atoms with Crippen molar-refractivity contribution in [1.29, 1.82) is 0 Å². The molecule has 3 heteroatoms. The first-order valence-corrected chi connectivity index (χ1v) is 7.55. The Morgan fingerprint density at radius 2 is 1.81 bits per heavy atom. The summed E-state index contributed by atoms with van der Waals surface area (Å²) in [5, 5.41) is 0. The van der Waals surface area contributed by atoms with Crippen LogP contribution in [0.2, 0.25) is 0 Å². The minimum Gasteiger partial charge on any atom is -0.493 e. The first-order chi connectivity index (χ1) is 10.3. The van der Waals surface area contributed by atoms with Gasteiger partial charge in [0.15, 0.2) is 0 Å². The molecule has 1 aliphatic rings. The predicted molar refractivity (Wildman–Crippen MR) is 86.1 cm³/mol. The van der Waals surface area contributed by atoms with E-state index >= 15 is 0 Å². The Bertz CT molecular complexity index is 593. The Balaban J connectivity index is 1.89. The zero-order chi connectivity index (χ0) is 14.7. The summed E-state index contributed by atoms with van der Waals surface area (Å²) >= 11 is 0. The molecular formula is C18H22N2O. The van der Waals surface area contributed by atoms with E-state index in [1.165, 1.54) is 18.4 Å². The van der Waals surface area contributed by atoms with Gasteiger partial charge in [-0.2, -0.15) is 0 Å². The normalized spacial score (nSPS) is 15.7. The largest absolute Gasteiger partial charge is 0.493 e. The average molecular weight is 282 g/mol. The van der Waals surface area contributed by atoms with E-state index in [0.29, 0.717) is 6.54 Å². The topological polar surface area (TPSA) is 61.3 Å². The van der Waals surface area contributed by atoms with Crippen LogP contribution in [0.15, 0.2) is 48.5 Å². The lowest BCUT2D eigenvalue weighted by atomic mass is 9.99. The van der Waals surface area contributed by atoms with Gasteiger partial charge in [0.2, 0.25) is 0 Å². The van der Waals surface area contributed by atoms with Crippen LogP contribution in [0.1, 0.15) is 24.4 Å². The summed E-state index contributed by atoms with van der Waals surface area (Å²) in [4.78, 5) is 0. The van der Waals surface area contributed by atoms with Crippen LogP contribution < -0.4 is 16.2 Å². The number of nitrogens with two attached hydrogens (primary N) is 2. The maximum Gasteiger partial charge on any atom is 0.124 e. The van der Waals surface area contributed by atoms with E-state index in [4.69, 9.17) is 16.2 Å². The van der Waals surface area contributed by atoms with E-state index in [-0.39, 0.29) is 6.04 Å². The maximum absolute atomic E-state index is 6.16. The van der Waals surface area contributed by atoms with Crippen LogP contribution in [0, 0.1) is 5.92 Å². The molecule has 0 bridgehead atoms. The van der Waals surface area contributed by atoms with Crippen molar-refractivity contribution in [3.8, 4) is 16.9 Å². The van der Waals surface area contributed by atoms with E-state index < -0.39 is 0 Å². The Morgan fingerprint density at radius 3 is 2.48 bits per heavy atom. The van der Waals surface area contributed by atoms with Crippen LogP contribution in [0.25, 0.3) is 11.1 Å². The highest BCUT2D eigenvalue weighted by Gasteiger charge is 2.23. The Kier molecular flexibility index (Phi) is 4.23. The van der Waals surface area contributed by atoms with Crippen LogP contribution in [-0.2, 0) is 0 Å². The molecule has 0 aromatic heterocycles. The van der Waals surface area contributed by atoms with Crippen molar-refractivity contribution in [1.82, 2.24) is 0 Å². The third-order valence-corrected chi connectivity index (χ3v) is 3.94. The molecule has 0 amide bonds. The van der Waals surface area contributed by atoms with Gasteiger partial charge in [-0.1, -0.05) is 36.4 Å². The quantitative estimate of drug-likeness (QED) is 0.856. The van der Waals surface area contributed by atoms with E-state index in [1.807, 2.05) is 24.3 Å². The van der Waals surface area contributed by atoms with Crippen LogP contribution in [0.3, 0.4) is 0 Å². The second-order valence-electron chi connectivity index (χ2n) is 5.72. The van der Waals surface area contributed by atoms with Gasteiger partial charge in [0.05, 0.1) is 6.61 Å². The molecule has 1 unspecified atom stereocenters. The molecule has 2 aromatic carbocycles. The molecule has 0 aliphatic heterocycles. The lowest BCUT2D eigenvalue weighted by Gasteiger charge is -2.17. The fraction of sp³-hybridized carbons (Fsp3) is 0.333. The minimum absolute atomic E-state index is 0.192. The molecule has 1 aliphatic carbocycles. The highest BCUT2D eigenvalue weighted by atomic mass is 16.5. The number of hydrogen-bond donors (Lipinski definition) is 2. The van der Waals surface area contributed by atoms with Crippen molar-refractivity contribution < 1.29 is 4.74 Å². The van der Waals surface area contributed by atoms with Crippen molar-refractivity contribution in [2.24, 2.45) is 17.4 Å². The lowest BCUT2D eigenvalue weighted by Crippen LogP contribution is -2.21. The Morgan fingerprint density at radius 1 is 1.05 bits per heavy atom. The highest BCUT2D eigenvalue weighted by Crippen LogP contribution is 2.33. The van der Waals surface area contributed by atoms with Crippen LogP contribution in [0.4, 0.5) is 0 Å². The number of benzene rings is 2. The number of rotatable bonds is 6. The van der Waals surface area contributed by atoms with Gasteiger partial charge in [0.1, 0.15) is 5.75 Å². The van der Waals surface area contributed by atoms with Gasteiger partial charge in [-0.15, -0.1) is 0 Å². The van der Waals surface area contributed by atoms with Crippen molar-refractivity contribution in [2.75, 3.05) is 13.2 Å². The SMILES string of the molecule is NCC(N)c1cc(-c2ccccc2)ccc1OCC1CC1. The zero-order valence-corrected chi connectivity index (χ0v) is 12.2. The van der Waals surface area contributed by atoms with Crippen molar-refractivity contribution in [3.05, 3.63) is 54.1 Å². The van der Waals surface area contributed by atoms with Crippen molar-refractivity contribution in [2.45, 2.75) is 18.9 Å². The maximum atomic E-state index is 6.16. The Hall–Kier alpha value is -1.84. The second kappa shape index (κ2) is 6.29. The van der Waals surface area contributed by atoms with Gasteiger partial charge < -0.3 is 16.2 Å². The van der Waals surface area contributed by atoms with Gasteiger partial charge in [-0.3, -0.25) is 0 Å². The van der Waals surface area contributed by atoms with E-state index in [1.54, 1.807) is 0 Å². The van der Waals surface area contributed by atoms with E-state index in [0.717, 1.165) is 29.4 Å². The summed E-state index contributed by atoms with van der Waals surface area (Å²) in [7, 11) is 0. The molecule has 3 nitrogen and oxygen atoms in total. The van der Waals surface area contributed by atoms with Crippen LogP contribution in [0.5, 0.6) is 5.75 Å². The predicted octanol–water partition coefficient (Wildman–Crippen LogP) is 3.10. The monoisotopic (exact) mass is 282 g/mol. The molecule has 0 radical (unpaired) electrons. The summed E-state index contributed by atoms with van der Waals surface area (Å²) in [6, 6.07) is 16.3. The van der Waals surface area contributed by atoms with Crippen LogP contribution in [-0.4, -0.2) is 13.2 Å².